The summed E-state index contributed by atoms with van der Waals surface area (Å²) in [7, 11) is 0. The van der Waals surface area contributed by atoms with E-state index in [1.165, 1.54) is 0 Å². The minimum absolute atomic E-state index is 0.314. The van der Waals surface area contributed by atoms with Crippen LogP contribution in [0.5, 0.6) is 0 Å². The molecule has 0 spiro atoms. The van der Waals surface area contributed by atoms with E-state index < -0.39 is 5.97 Å². The van der Waals surface area contributed by atoms with Crippen molar-refractivity contribution in [2.24, 2.45) is 0 Å². The van der Waals surface area contributed by atoms with E-state index in [1.54, 1.807) is 18.2 Å². The molecule has 0 amide bonds. The molecule has 0 saturated carbocycles. The van der Waals surface area contributed by atoms with E-state index in [1.807, 2.05) is 6.92 Å². The molecular formula is C10H11ClO2. The van der Waals surface area contributed by atoms with E-state index in [4.69, 9.17) is 16.7 Å². The van der Waals surface area contributed by atoms with E-state index >= 15 is 0 Å². The molecule has 13 heavy (non-hydrogen) atoms. The number of carbonyl (C=O) groups is 1. The Morgan fingerprint density at radius 1 is 1.54 bits per heavy atom. The average Bonchev–Trinajstić information content (AvgIpc) is 2.08. The maximum atomic E-state index is 10.8. The van der Waals surface area contributed by atoms with E-state index in [9.17, 15) is 4.79 Å². The van der Waals surface area contributed by atoms with E-state index in [-0.39, 0.29) is 0 Å². The number of hydrogen-bond acceptors (Lipinski definition) is 1. The number of benzene rings is 1. The number of halogens is 1. The van der Waals surface area contributed by atoms with Gasteiger partial charge < -0.3 is 5.11 Å². The summed E-state index contributed by atoms with van der Waals surface area (Å²) in [4.78, 5) is 10.8. The molecule has 2 nitrogen and oxygen atoms in total. The highest BCUT2D eigenvalue weighted by atomic mass is 35.5. The summed E-state index contributed by atoms with van der Waals surface area (Å²) >= 11 is 5.89. The predicted octanol–water partition coefficient (Wildman–Crippen LogP) is 2.99. The quantitative estimate of drug-likeness (QED) is 0.811. The second-order valence-corrected chi connectivity index (χ2v) is 3.23. The summed E-state index contributed by atoms with van der Waals surface area (Å²) in [5.41, 5.74) is 1.05. The van der Waals surface area contributed by atoms with Crippen molar-refractivity contribution in [1.29, 1.82) is 0 Å². The Morgan fingerprint density at radius 3 is 2.77 bits per heavy atom. The zero-order valence-electron chi connectivity index (χ0n) is 7.38. The highest BCUT2D eigenvalue weighted by Crippen LogP contribution is 2.21. The van der Waals surface area contributed by atoms with Gasteiger partial charge in [0, 0.05) is 5.02 Å². The third kappa shape index (κ3) is 2.22. The van der Waals surface area contributed by atoms with Crippen molar-refractivity contribution >= 4 is 17.6 Å². The van der Waals surface area contributed by atoms with Crippen LogP contribution in [0, 0.1) is 0 Å². The van der Waals surface area contributed by atoms with E-state index in [2.05, 4.69) is 0 Å². The molecule has 3 heteroatoms. The molecule has 0 bridgehead atoms. The molecule has 0 saturated heterocycles. The van der Waals surface area contributed by atoms with Crippen LogP contribution in [0.25, 0.3) is 0 Å². The number of hydrogen-bond donors (Lipinski definition) is 1. The summed E-state index contributed by atoms with van der Waals surface area (Å²) < 4.78 is 0. The van der Waals surface area contributed by atoms with Gasteiger partial charge in [0.25, 0.3) is 0 Å². The monoisotopic (exact) mass is 198 g/mol. The van der Waals surface area contributed by atoms with Gasteiger partial charge in [-0.1, -0.05) is 31.0 Å². The first-order valence-electron chi connectivity index (χ1n) is 4.17. The fourth-order valence-corrected chi connectivity index (χ4v) is 1.53. The first kappa shape index (κ1) is 10.1. The first-order valence-corrected chi connectivity index (χ1v) is 4.55. The lowest BCUT2D eigenvalue weighted by atomic mass is 10.0. The van der Waals surface area contributed by atoms with Gasteiger partial charge in [0.1, 0.15) is 0 Å². The minimum Gasteiger partial charge on any atom is -0.478 e. The molecule has 1 rings (SSSR count). The Labute approximate surface area is 82.2 Å². The molecule has 0 heterocycles. The maximum absolute atomic E-state index is 10.8. The number of carboxylic acid groups (broad SMARTS) is 1. The lowest BCUT2D eigenvalue weighted by Crippen LogP contribution is -2.02. The lowest BCUT2D eigenvalue weighted by molar-refractivity contribution is 0.0695. The number of carboxylic acids is 1. The Balaban J connectivity index is 3.17. The van der Waals surface area contributed by atoms with Gasteiger partial charge in [0.05, 0.1) is 5.56 Å². The molecule has 1 N–H and O–H groups in total. The molecule has 70 valence electrons. The summed E-state index contributed by atoms with van der Waals surface area (Å²) in [6, 6.07) is 4.96. The molecule has 0 aliphatic rings. The van der Waals surface area contributed by atoms with Gasteiger partial charge in [-0.15, -0.1) is 0 Å². The standard InChI is InChI=1S/C10H11ClO2/c1-2-4-7-8(10(12)13)5-3-6-9(7)11/h3,5-6H,2,4H2,1H3,(H,12,13). The normalized spacial score (nSPS) is 10.0. The van der Waals surface area contributed by atoms with Crippen LogP contribution in [0.15, 0.2) is 18.2 Å². The minimum atomic E-state index is -0.911. The third-order valence-corrected chi connectivity index (χ3v) is 2.20. The van der Waals surface area contributed by atoms with Gasteiger partial charge in [-0.3, -0.25) is 0 Å². The molecule has 0 atom stereocenters. The summed E-state index contributed by atoms with van der Waals surface area (Å²) in [5, 5.41) is 9.40. The van der Waals surface area contributed by atoms with E-state index in [0.29, 0.717) is 17.0 Å². The van der Waals surface area contributed by atoms with Crippen LogP contribution in [0.2, 0.25) is 5.02 Å². The largest absolute Gasteiger partial charge is 0.478 e. The van der Waals surface area contributed by atoms with Crippen LogP contribution in [-0.2, 0) is 6.42 Å². The van der Waals surface area contributed by atoms with Crippen LogP contribution in [0.1, 0.15) is 29.3 Å². The van der Waals surface area contributed by atoms with Crippen LogP contribution in [-0.4, -0.2) is 11.1 Å². The third-order valence-electron chi connectivity index (χ3n) is 1.85. The maximum Gasteiger partial charge on any atom is 0.336 e. The molecule has 1 aromatic carbocycles. The van der Waals surface area contributed by atoms with Gasteiger partial charge in [0.2, 0.25) is 0 Å². The summed E-state index contributed by atoms with van der Waals surface area (Å²) in [5.74, 6) is -0.911. The molecule has 0 aliphatic carbocycles. The molecule has 0 aromatic heterocycles. The number of rotatable bonds is 3. The fourth-order valence-electron chi connectivity index (χ4n) is 1.26. The molecule has 0 fully saturated rings. The zero-order chi connectivity index (χ0) is 9.84. The predicted molar refractivity (Wildman–Crippen MR) is 52.4 cm³/mol. The Hall–Kier alpha value is -1.02. The van der Waals surface area contributed by atoms with Crippen LogP contribution in [0.3, 0.4) is 0 Å². The Bertz CT molecular complexity index is 321. The summed E-state index contributed by atoms with van der Waals surface area (Å²) in [6.07, 6.45) is 1.60. The highest BCUT2D eigenvalue weighted by molar-refractivity contribution is 6.31. The molecule has 0 radical (unpaired) electrons. The van der Waals surface area contributed by atoms with Crippen molar-refractivity contribution in [2.75, 3.05) is 0 Å². The molecule has 0 aliphatic heterocycles. The van der Waals surface area contributed by atoms with Gasteiger partial charge >= 0.3 is 5.97 Å². The Kier molecular flexibility index (Phi) is 3.32. The van der Waals surface area contributed by atoms with Crippen molar-refractivity contribution in [2.45, 2.75) is 19.8 Å². The first-order chi connectivity index (χ1) is 6.16. The summed E-state index contributed by atoms with van der Waals surface area (Å²) in [6.45, 7) is 1.99. The fraction of sp³-hybridized carbons (Fsp3) is 0.300. The van der Waals surface area contributed by atoms with Crippen molar-refractivity contribution in [1.82, 2.24) is 0 Å². The van der Waals surface area contributed by atoms with Gasteiger partial charge in [-0.2, -0.15) is 0 Å². The Morgan fingerprint density at radius 2 is 2.23 bits per heavy atom. The smallest absolute Gasteiger partial charge is 0.336 e. The lowest BCUT2D eigenvalue weighted by Gasteiger charge is -2.05. The van der Waals surface area contributed by atoms with Crippen LogP contribution >= 0.6 is 11.6 Å². The zero-order valence-corrected chi connectivity index (χ0v) is 8.14. The second-order valence-electron chi connectivity index (χ2n) is 2.82. The van der Waals surface area contributed by atoms with E-state index in [0.717, 1.165) is 12.0 Å². The van der Waals surface area contributed by atoms with Crippen molar-refractivity contribution in [3.8, 4) is 0 Å². The highest BCUT2D eigenvalue weighted by Gasteiger charge is 2.11. The van der Waals surface area contributed by atoms with Crippen molar-refractivity contribution < 1.29 is 9.90 Å². The molecule has 1 aromatic rings. The average molecular weight is 199 g/mol. The molecule has 0 unspecified atom stereocenters. The van der Waals surface area contributed by atoms with Crippen LogP contribution in [0.4, 0.5) is 0 Å². The van der Waals surface area contributed by atoms with Crippen molar-refractivity contribution in [3.63, 3.8) is 0 Å². The second kappa shape index (κ2) is 4.28. The van der Waals surface area contributed by atoms with Gasteiger partial charge in [0.15, 0.2) is 0 Å². The van der Waals surface area contributed by atoms with Gasteiger partial charge in [-0.25, -0.2) is 4.79 Å². The molecular weight excluding hydrogens is 188 g/mol. The van der Waals surface area contributed by atoms with Crippen molar-refractivity contribution in [3.05, 3.63) is 34.3 Å². The number of aromatic carboxylic acids is 1. The van der Waals surface area contributed by atoms with Crippen LogP contribution < -0.4 is 0 Å². The SMILES string of the molecule is CCCc1c(Cl)cccc1C(=O)O. The topological polar surface area (TPSA) is 37.3 Å². The van der Waals surface area contributed by atoms with Gasteiger partial charge in [-0.05, 0) is 24.1 Å².